The number of nitrogens with two attached hydrogens (primary N) is 1. The average Bonchev–Trinajstić information content (AvgIpc) is 2.41. The van der Waals surface area contributed by atoms with Crippen LogP contribution in [-0.4, -0.2) is 42.1 Å². The molecule has 0 spiro atoms. The summed E-state index contributed by atoms with van der Waals surface area (Å²) < 4.78 is 5.04. The standard InChI is InChI=1S/C13H20ClN3O2/c1-4-9(2)17(5-6-19-3)13(18)10-7-12(15)16-8-11(10)14/h7-9H,4-6H2,1-3H3,(H2,15,16). The molecule has 0 aliphatic carbocycles. The summed E-state index contributed by atoms with van der Waals surface area (Å²) >= 11 is 6.02. The summed E-state index contributed by atoms with van der Waals surface area (Å²) in [5.74, 6) is 0.133. The van der Waals surface area contributed by atoms with Crippen molar-refractivity contribution in [1.29, 1.82) is 0 Å². The molecule has 1 unspecified atom stereocenters. The van der Waals surface area contributed by atoms with Gasteiger partial charge in [0.2, 0.25) is 0 Å². The summed E-state index contributed by atoms with van der Waals surface area (Å²) in [6.45, 7) is 5.02. The van der Waals surface area contributed by atoms with Crippen molar-refractivity contribution >= 4 is 23.3 Å². The number of aromatic nitrogens is 1. The molecule has 0 fully saturated rings. The highest BCUT2D eigenvalue weighted by molar-refractivity contribution is 6.33. The van der Waals surface area contributed by atoms with Gasteiger partial charge in [0.05, 0.1) is 17.2 Å². The van der Waals surface area contributed by atoms with E-state index in [-0.39, 0.29) is 17.8 Å². The zero-order chi connectivity index (χ0) is 14.4. The Kier molecular flexibility index (Phi) is 6.05. The number of ether oxygens (including phenoxy) is 1. The van der Waals surface area contributed by atoms with E-state index in [0.717, 1.165) is 6.42 Å². The van der Waals surface area contributed by atoms with Gasteiger partial charge in [0, 0.05) is 25.9 Å². The van der Waals surface area contributed by atoms with Gasteiger partial charge in [-0.15, -0.1) is 0 Å². The lowest BCUT2D eigenvalue weighted by atomic mass is 10.1. The molecule has 2 N–H and O–H groups in total. The molecule has 1 aromatic heterocycles. The highest BCUT2D eigenvalue weighted by atomic mass is 35.5. The minimum Gasteiger partial charge on any atom is -0.384 e. The molecule has 5 nitrogen and oxygen atoms in total. The molecular weight excluding hydrogens is 266 g/mol. The van der Waals surface area contributed by atoms with Crippen LogP contribution in [0.5, 0.6) is 0 Å². The fourth-order valence-corrected chi connectivity index (χ4v) is 1.89. The fourth-order valence-electron chi connectivity index (χ4n) is 1.71. The van der Waals surface area contributed by atoms with Gasteiger partial charge in [-0.25, -0.2) is 4.98 Å². The number of halogens is 1. The Balaban J connectivity index is 3.00. The van der Waals surface area contributed by atoms with Gasteiger partial charge < -0.3 is 15.4 Å². The van der Waals surface area contributed by atoms with Crippen molar-refractivity contribution in [2.45, 2.75) is 26.3 Å². The second-order valence-corrected chi connectivity index (χ2v) is 4.74. The van der Waals surface area contributed by atoms with Gasteiger partial charge in [0.1, 0.15) is 5.82 Å². The Morgan fingerprint density at radius 3 is 2.89 bits per heavy atom. The van der Waals surface area contributed by atoms with Crippen LogP contribution in [0.1, 0.15) is 30.6 Å². The van der Waals surface area contributed by atoms with Crippen molar-refractivity contribution in [2.24, 2.45) is 0 Å². The Morgan fingerprint density at radius 1 is 1.63 bits per heavy atom. The average molecular weight is 286 g/mol. The molecule has 106 valence electrons. The molecule has 0 saturated carbocycles. The largest absolute Gasteiger partial charge is 0.384 e. The smallest absolute Gasteiger partial charge is 0.255 e. The molecule has 19 heavy (non-hydrogen) atoms. The van der Waals surface area contributed by atoms with Crippen LogP contribution in [0.3, 0.4) is 0 Å². The molecule has 6 heteroatoms. The lowest BCUT2D eigenvalue weighted by Gasteiger charge is -2.28. The van der Waals surface area contributed by atoms with Crippen molar-refractivity contribution in [2.75, 3.05) is 26.0 Å². The molecule has 1 aromatic rings. The summed E-state index contributed by atoms with van der Waals surface area (Å²) in [6.07, 6.45) is 2.25. The van der Waals surface area contributed by atoms with Crippen molar-refractivity contribution in [3.8, 4) is 0 Å². The van der Waals surface area contributed by atoms with Crippen LogP contribution < -0.4 is 5.73 Å². The molecule has 1 atom stereocenters. The van der Waals surface area contributed by atoms with E-state index in [9.17, 15) is 4.79 Å². The van der Waals surface area contributed by atoms with Crippen molar-refractivity contribution in [1.82, 2.24) is 9.88 Å². The highest BCUT2D eigenvalue weighted by Gasteiger charge is 2.22. The zero-order valence-electron chi connectivity index (χ0n) is 11.5. The minimum absolute atomic E-state index is 0.105. The summed E-state index contributed by atoms with van der Waals surface area (Å²) in [5.41, 5.74) is 5.99. The third-order valence-corrected chi connectivity index (χ3v) is 3.33. The minimum atomic E-state index is -0.148. The third kappa shape index (κ3) is 4.08. The number of anilines is 1. The predicted octanol–water partition coefficient (Wildman–Crippen LogP) is 2.20. The summed E-state index contributed by atoms with van der Waals surface area (Å²) in [6, 6.07) is 1.61. The number of methoxy groups -OCH3 is 1. The van der Waals surface area contributed by atoms with E-state index in [1.165, 1.54) is 12.3 Å². The van der Waals surface area contributed by atoms with Crippen molar-refractivity contribution in [3.05, 3.63) is 22.8 Å². The molecule has 0 radical (unpaired) electrons. The first-order valence-corrected chi connectivity index (χ1v) is 6.60. The van der Waals surface area contributed by atoms with Crippen LogP contribution >= 0.6 is 11.6 Å². The van der Waals surface area contributed by atoms with Crippen LogP contribution in [0, 0.1) is 0 Å². The van der Waals surface area contributed by atoms with Crippen LogP contribution in [0.25, 0.3) is 0 Å². The van der Waals surface area contributed by atoms with Crippen LogP contribution in [0.15, 0.2) is 12.3 Å². The number of rotatable bonds is 6. The second kappa shape index (κ2) is 7.31. The van der Waals surface area contributed by atoms with E-state index in [0.29, 0.717) is 23.7 Å². The maximum absolute atomic E-state index is 12.5. The zero-order valence-corrected chi connectivity index (χ0v) is 12.3. The van der Waals surface area contributed by atoms with Crippen LogP contribution in [0.4, 0.5) is 5.82 Å². The second-order valence-electron chi connectivity index (χ2n) is 4.34. The van der Waals surface area contributed by atoms with Gasteiger partial charge in [0.25, 0.3) is 5.91 Å². The number of carbonyl (C=O) groups excluding carboxylic acids is 1. The number of nitrogens with zero attached hydrogens (tertiary/aromatic N) is 2. The summed E-state index contributed by atoms with van der Waals surface area (Å²) in [5, 5.41) is 0.310. The molecule has 0 aromatic carbocycles. The number of nitrogen functional groups attached to an aromatic ring is 1. The number of amides is 1. The molecular formula is C13H20ClN3O2. The number of pyridine rings is 1. The lowest BCUT2D eigenvalue weighted by Crippen LogP contribution is -2.40. The van der Waals surface area contributed by atoms with Gasteiger partial charge in [0.15, 0.2) is 0 Å². The maximum Gasteiger partial charge on any atom is 0.255 e. The van der Waals surface area contributed by atoms with Crippen molar-refractivity contribution in [3.63, 3.8) is 0 Å². The molecule has 1 amide bonds. The first-order valence-electron chi connectivity index (χ1n) is 6.22. The van der Waals surface area contributed by atoms with E-state index in [4.69, 9.17) is 22.1 Å². The quantitative estimate of drug-likeness (QED) is 0.870. The lowest BCUT2D eigenvalue weighted by molar-refractivity contribution is 0.0614. The van der Waals surface area contributed by atoms with Crippen molar-refractivity contribution < 1.29 is 9.53 Å². The molecule has 0 bridgehead atoms. The van der Waals surface area contributed by atoms with Crippen LogP contribution in [-0.2, 0) is 4.74 Å². The van der Waals surface area contributed by atoms with E-state index in [1.807, 2.05) is 13.8 Å². The van der Waals surface area contributed by atoms with E-state index >= 15 is 0 Å². The highest BCUT2D eigenvalue weighted by Crippen LogP contribution is 2.20. The van der Waals surface area contributed by atoms with E-state index < -0.39 is 0 Å². The van der Waals surface area contributed by atoms with Gasteiger partial charge >= 0.3 is 0 Å². The Labute approximate surface area is 118 Å². The number of hydrogen-bond acceptors (Lipinski definition) is 4. The molecule has 0 saturated heterocycles. The van der Waals surface area contributed by atoms with Gasteiger partial charge in [-0.3, -0.25) is 4.79 Å². The third-order valence-electron chi connectivity index (χ3n) is 3.03. The number of hydrogen-bond donors (Lipinski definition) is 1. The van der Waals surface area contributed by atoms with Crippen LogP contribution in [0.2, 0.25) is 5.02 Å². The summed E-state index contributed by atoms with van der Waals surface area (Å²) in [7, 11) is 1.61. The SMILES string of the molecule is CCC(C)N(CCOC)C(=O)c1cc(N)ncc1Cl. The Bertz CT molecular complexity index is 440. The molecule has 1 rings (SSSR count). The first kappa shape index (κ1) is 15.7. The number of carbonyl (C=O) groups is 1. The summed E-state index contributed by atoms with van der Waals surface area (Å²) in [4.78, 5) is 18.1. The van der Waals surface area contributed by atoms with Gasteiger partial charge in [-0.2, -0.15) is 0 Å². The first-order chi connectivity index (χ1) is 9.01. The fraction of sp³-hybridized carbons (Fsp3) is 0.538. The van der Waals surface area contributed by atoms with E-state index in [2.05, 4.69) is 4.98 Å². The predicted molar refractivity (Wildman–Crippen MR) is 76.3 cm³/mol. The maximum atomic E-state index is 12.5. The van der Waals surface area contributed by atoms with Gasteiger partial charge in [-0.05, 0) is 19.4 Å². The van der Waals surface area contributed by atoms with E-state index in [1.54, 1.807) is 12.0 Å². The molecule has 0 aliphatic heterocycles. The molecule has 0 aliphatic rings. The van der Waals surface area contributed by atoms with Gasteiger partial charge in [-0.1, -0.05) is 18.5 Å². The normalized spacial score (nSPS) is 12.2. The monoisotopic (exact) mass is 285 g/mol. The Hall–Kier alpha value is -1.33. The molecule has 1 heterocycles. The Morgan fingerprint density at radius 2 is 2.32 bits per heavy atom. The topological polar surface area (TPSA) is 68.5 Å².